The topological polar surface area (TPSA) is 52.0 Å². The highest BCUT2D eigenvalue weighted by molar-refractivity contribution is 9.11. The van der Waals surface area contributed by atoms with E-state index in [2.05, 4.69) is 45.7 Å². The Morgan fingerprint density at radius 1 is 1.31 bits per heavy atom. The second kappa shape index (κ2) is 6.84. The van der Waals surface area contributed by atoms with Gasteiger partial charge in [-0.25, -0.2) is 0 Å². The number of anilines is 1. The maximum atomic E-state index is 6.17. The van der Waals surface area contributed by atoms with Gasteiger partial charge in [0.25, 0.3) is 0 Å². The van der Waals surface area contributed by atoms with Gasteiger partial charge in [-0.05, 0) is 39.5 Å². The van der Waals surface area contributed by atoms with E-state index in [1.165, 1.54) is 0 Å². The molecule has 1 rings (SSSR count). The summed E-state index contributed by atoms with van der Waals surface area (Å²) in [6, 6.07) is 3.92. The van der Waals surface area contributed by atoms with E-state index in [0.29, 0.717) is 5.92 Å². The maximum absolute atomic E-state index is 6.17. The Morgan fingerprint density at radius 2 is 1.88 bits per heavy atom. The first-order valence-corrected chi connectivity index (χ1v) is 6.56. The Morgan fingerprint density at radius 3 is 2.38 bits per heavy atom. The predicted octanol–water partition coefficient (Wildman–Crippen LogP) is 4.26. The molecule has 1 unspecified atom stereocenters. The molecule has 0 fully saturated rings. The van der Waals surface area contributed by atoms with Crippen LogP contribution in [0.1, 0.15) is 31.9 Å². The highest BCUT2D eigenvalue weighted by atomic mass is 79.9. The third-order valence-electron chi connectivity index (χ3n) is 2.74. The van der Waals surface area contributed by atoms with Crippen molar-refractivity contribution in [3.05, 3.63) is 26.6 Å². The lowest BCUT2D eigenvalue weighted by Gasteiger charge is -2.21. The van der Waals surface area contributed by atoms with Gasteiger partial charge in [0.1, 0.15) is 0 Å². The van der Waals surface area contributed by atoms with Crippen molar-refractivity contribution in [2.45, 2.75) is 26.3 Å². The van der Waals surface area contributed by atoms with Gasteiger partial charge >= 0.3 is 0 Å². The van der Waals surface area contributed by atoms with E-state index in [9.17, 15) is 0 Å². The summed E-state index contributed by atoms with van der Waals surface area (Å²) in [7, 11) is 0. The smallest absolute Gasteiger partial charge is 0.0507 e. The van der Waals surface area contributed by atoms with Crippen LogP contribution in [0, 0.1) is 5.92 Å². The van der Waals surface area contributed by atoms with Crippen LogP contribution in [0.25, 0.3) is 0 Å². The van der Waals surface area contributed by atoms with Crippen LogP contribution in [-0.4, -0.2) is 0 Å². The summed E-state index contributed by atoms with van der Waals surface area (Å²) < 4.78 is 1.89. The molecular formula is C11H17Br2ClN2. The molecular weight excluding hydrogens is 355 g/mol. The standard InChI is InChI=1S/C11H16Br2N2.ClH/c1-3-6(2)10(14)8-4-7(12)5-9(13)11(8)15;/h4-6,10H,3,14-15H2,1-2H3;1H/t6?,10-;/m0./s1. The van der Waals surface area contributed by atoms with Crippen LogP contribution in [0.5, 0.6) is 0 Å². The number of rotatable bonds is 3. The predicted molar refractivity (Wildman–Crippen MR) is 79.9 cm³/mol. The summed E-state index contributed by atoms with van der Waals surface area (Å²) in [6.07, 6.45) is 1.05. The molecule has 0 saturated carbocycles. The van der Waals surface area contributed by atoms with Gasteiger partial charge in [0.15, 0.2) is 0 Å². The third-order valence-corrected chi connectivity index (χ3v) is 3.86. The van der Waals surface area contributed by atoms with Gasteiger partial charge in [0, 0.05) is 15.0 Å². The number of benzene rings is 1. The van der Waals surface area contributed by atoms with Crippen molar-refractivity contribution in [1.29, 1.82) is 0 Å². The lowest BCUT2D eigenvalue weighted by molar-refractivity contribution is 0.457. The van der Waals surface area contributed by atoms with Gasteiger partial charge in [-0.2, -0.15) is 0 Å². The summed E-state index contributed by atoms with van der Waals surface area (Å²) >= 11 is 6.87. The zero-order valence-corrected chi connectivity index (χ0v) is 13.3. The van der Waals surface area contributed by atoms with E-state index in [-0.39, 0.29) is 18.4 Å². The minimum atomic E-state index is -0.0104. The van der Waals surface area contributed by atoms with E-state index < -0.39 is 0 Å². The molecule has 16 heavy (non-hydrogen) atoms. The molecule has 0 aliphatic carbocycles. The van der Waals surface area contributed by atoms with Crippen LogP contribution >= 0.6 is 44.3 Å². The van der Waals surface area contributed by atoms with Crippen LogP contribution < -0.4 is 11.5 Å². The average Bonchev–Trinajstić information content (AvgIpc) is 2.21. The summed E-state index contributed by atoms with van der Waals surface area (Å²) in [5, 5.41) is 0. The first-order chi connectivity index (χ1) is 6.97. The van der Waals surface area contributed by atoms with Crippen LogP contribution in [0.3, 0.4) is 0 Å². The maximum Gasteiger partial charge on any atom is 0.0507 e. The van der Waals surface area contributed by atoms with Crippen LogP contribution in [0.4, 0.5) is 5.69 Å². The zero-order valence-electron chi connectivity index (χ0n) is 9.34. The van der Waals surface area contributed by atoms with Gasteiger partial charge in [-0.1, -0.05) is 36.2 Å². The summed E-state index contributed by atoms with van der Waals surface area (Å²) in [5.41, 5.74) is 13.9. The first-order valence-electron chi connectivity index (χ1n) is 4.97. The average molecular weight is 373 g/mol. The number of nitrogens with two attached hydrogens (primary N) is 2. The molecule has 0 spiro atoms. The van der Waals surface area contributed by atoms with Crippen molar-refractivity contribution < 1.29 is 0 Å². The molecule has 2 atom stereocenters. The van der Waals surface area contributed by atoms with E-state index in [1.54, 1.807) is 0 Å². The van der Waals surface area contributed by atoms with Crippen molar-refractivity contribution in [3.8, 4) is 0 Å². The van der Waals surface area contributed by atoms with Crippen molar-refractivity contribution in [3.63, 3.8) is 0 Å². The Kier molecular flexibility index (Phi) is 6.94. The minimum absolute atomic E-state index is 0. The molecule has 92 valence electrons. The normalized spacial score (nSPS) is 14.1. The Labute approximate surface area is 120 Å². The van der Waals surface area contributed by atoms with E-state index >= 15 is 0 Å². The van der Waals surface area contributed by atoms with Crippen molar-refractivity contribution in [1.82, 2.24) is 0 Å². The second-order valence-corrected chi connectivity index (χ2v) is 5.57. The van der Waals surface area contributed by atoms with E-state index in [4.69, 9.17) is 11.5 Å². The number of nitrogen functional groups attached to an aromatic ring is 1. The van der Waals surface area contributed by atoms with Crippen molar-refractivity contribution in [2.24, 2.45) is 11.7 Å². The van der Waals surface area contributed by atoms with Gasteiger partial charge in [-0.3, -0.25) is 0 Å². The van der Waals surface area contributed by atoms with Crippen LogP contribution in [0.2, 0.25) is 0 Å². The van der Waals surface area contributed by atoms with E-state index in [1.807, 2.05) is 12.1 Å². The number of hydrogen-bond acceptors (Lipinski definition) is 2. The molecule has 1 aromatic rings. The highest BCUT2D eigenvalue weighted by Gasteiger charge is 2.17. The molecule has 0 bridgehead atoms. The molecule has 0 aliphatic heterocycles. The molecule has 0 aromatic heterocycles. The van der Waals surface area contributed by atoms with Gasteiger partial charge in [0.05, 0.1) is 5.69 Å². The fourth-order valence-electron chi connectivity index (χ4n) is 1.44. The molecule has 2 nitrogen and oxygen atoms in total. The molecule has 1 aromatic carbocycles. The summed E-state index contributed by atoms with van der Waals surface area (Å²) in [4.78, 5) is 0. The SMILES string of the molecule is CCC(C)[C@H](N)c1cc(Br)cc(Br)c1N.Cl. The Hall–Kier alpha value is 0.230. The Balaban J connectivity index is 0.00000225. The quantitative estimate of drug-likeness (QED) is 0.779. The number of halogens is 3. The van der Waals surface area contributed by atoms with Crippen molar-refractivity contribution in [2.75, 3.05) is 5.73 Å². The molecule has 0 amide bonds. The molecule has 0 saturated heterocycles. The first kappa shape index (κ1) is 16.2. The molecule has 0 aliphatic rings. The van der Waals surface area contributed by atoms with Crippen molar-refractivity contribution >= 4 is 50.0 Å². The van der Waals surface area contributed by atoms with Crippen LogP contribution in [-0.2, 0) is 0 Å². The highest BCUT2D eigenvalue weighted by Crippen LogP contribution is 2.34. The fourth-order valence-corrected chi connectivity index (χ4v) is 2.70. The van der Waals surface area contributed by atoms with Gasteiger partial charge in [0.2, 0.25) is 0 Å². The lowest BCUT2D eigenvalue weighted by atomic mass is 9.92. The monoisotopic (exact) mass is 370 g/mol. The third kappa shape index (κ3) is 3.62. The summed E-state index contributed by atoms with van der Waals surface area (Å²) in [6.45, 7) is 4.27. The zero-order chi connectivity index (χ0) is 11.6. The number of hydrogen-bond donors (Lipinski definition) is 2. The Bertz CT molecular complexity index is 358. The van der Waals surface area contributed by atoms with Gasteiger partial charge < -0.3 is 11.5 Å². The van der Waals surface area contributed by atoms with Crippen LogP contribution in [0.15, 0.2) is 21.1 Å². The largest absolute Gasteiger partial charge is 0.398 e. The second-order valence-electron chi connectivity index (χ2n) is 3.80. The molecule has 0 heterocycles. The molecule has 5 heteroatoms. The summed E-state index contributed by atoms with van der Waals surface area (Å²) in [5.74, 6) is 0.425. The molecule has 4 N–H and O–H groups in total. The minimum Gasteiger partial charge on any atom is -0.398 e. The van der Waals surface area contributed by atoms with Gasteiger partial charge in [-0.15, -0.1) is 12.4 Å². The molecule has 0 radical (unpaired) electrons. The fraction of sp³-hybridized carbons (Fsp3) is 0.455. The van der Waals surface area contributed by atoms with E-state index in [0.717, 1.165) is 26.6 Å². The lowest BCUT2D eigenvalue weighted by Crippen LogP contribution is -2.20.